The molecule has 1 fully saturated rings. The first-order valence-electron chi connectivity index (χ1n) is 5.22. The second-order valence-corrected chi connectivity index (χ2v) is 6.85. The number of carboxylic acids is 1. The Morgan fingerprint density at radius 1 is 1.47 bits per heavy atom. The van der Waals surface area contributed by atoms with Gasteiger partial charge in [-0.3, -0.25) is 0 Å². The predicted molar refractivity (Wildman–Crippen MR) is 58.7 cm³/mol. The Balaban J connectivity index is 2.24. The summed E-state index contributed by atoms with van der Waals surface area (Å²) in [7, 11) is -2.95. The zero-order chi connectivity index (χ0) is 12.7. The average molecular weight is 259 g/mol. The van der Waals surface area contributed by atoms with Gasteiger partial charge in [-0.2, -0.15) is 0 Å². The first kappa shape index (κ1) is 12.1. The minimum atomic E-state index is -2.95. The van der Waals surface area contributed by atoms with Crippen LogP contribution in [0.4, 0.5) is 0 Å². The molecule has 1 N–H and O–H groups in total. The molecule has 94 valence electrons. The molecule has 0 spiro atoms. The van der Waals surface area contributed by atoms with E-state index in [1.165, 1.54) is 6.20 Å². The molecule has 1 aliphatic heterocycles. The SMILES string of the molecule is CC1(c2cnc(C(=O)O)o2)CCS(=O)(=O)CC1. The smallest absolute Gasteiger partial charge is 0.392 e. The number of hydrogen-bond donors (Lipinski definition) is 1. The van der Waals surface area contributed by atoms with Gasteiger partial charge in [0.1, 0.15) is 15.6 Å². The first-order valence-corrected chi connectivity index (χ1v) is 7.05. The number of sulfone groups is 1. The minimum Gasteiger partial charge on any atom is -0.474 e. The molecule has 0 atom stereocenters. The van der Waals surface area contributed by atoms with E-state index >= 15 is 0 Å². The van der Waals surface area contributed by atoms with E-state index in [-0.39, 0.29) is 17.4 Å². The van der Waals surface area contributed by atoms with E-state index in [9.17, 15) is 13.2 Å². The molecule has 1 saturated heterocycles. The standard InChI is InChI=1S/C10H13NO5S/c1-10(2-4-17(14,15)5-3-10)7-6-11-8(16-7)9(12)13/h6H,2-5H2,1H3,(H,12,13). The number of oxazole rings is 1. The largest absolute Gasteiger partial charge is 0.474 e. The number of aromatic nitrogens is 1. The van der Waals surface area contributed by atoms with Crippen molar-refractivity contribution in [2.75, 3.05) is 11.5 Å². The number of nitrogens with zero attached hydrogens (tertiary/aromatic N) is 1. The first-order chi connectivity index (χ1) is 7.82. The van der Waals surface area contributed by atoms with E-state index in [2.05, 4.69) is 4.98 Å². The Bertz CT molecular complexity index is 531. The Hall–Kier alpha value is -1.37. The third kappa shape index (κ3) is 2.33. The lowest BCUT2D eigenvalue weighted by Crippen LogP contribution is -2.34. The van der Waals surface area contributed by atoms with Crippen molar-refractivity contribution < 1.29 is 22.7 Å². The van der Waals surface area contributed by atoms with Gasteiger partial charge < -0.3 is 9.52 Å². The van der Waals surface area contributed by atoms with Gasteiger partial charge in [-0.05, 0) is 12.8 Å². The summed E-state index contributed by atoms with van der Waals surface area (Å²) in [4.78, 5) is 14.3. The van der Waals surface area contributed by atoms with Crippen LogP contribution >= 0.6 is 0 Å². The molecule has 7 heteroatoms. The van der Waals surface area contributed by atoms with Gasteiger partial charge >= 0.3 is 11.9 Å². The van der Waals surface area contributed by atoms with Gasteiger partial charge in [0.25, 0.3) is 0 Å². The predicted octanol–water partition coefficient (Wildman–Crippen LogP) is 0.839. The van der Waals surface area contributed by atoms with Gasteiger partial charge in [-0.25, -0.2) is 18.2 Å². The molecule has 0 aromatic carbocycles. The third-order valence-corrected chi connectivity index (χ3v) is 4.87. The maximum Gasteiger partial charge on any atom is 0.392 e. The van der Waals surface area contributed by atoms with Crippen molar-refractivity contribution in [2.24, 2.45) is 0 Å². The van der Waals surface area contributed by atoms with Crippen LogP contribution in [0, 0.1) is 0 Å². The van der Waals surface area contributed by atoms with Crippen molar-refractivity contribution in [1.29, 1.82) is 0 Å². The Morgan fingerprint density at radius 3 is 2.53 bits per heavy atom. The van der Waals surface area contributed by atoms with Crippen molar-refractivity contribution in [1.82, 2.24) is 4.98 Å². The highest BCUT2D eigenvalue weighted by Crippen LogP contribution is 2.36. The van der Waals surface area contributed by atoms with Crippen LogP contribution in [0.15, 0.2) is 10.6 Å². The molecule has 1 aromatic heterocycles. The van der Waals surface area contributed by atoms with E-state index in [1.807, 2.05) is 6.92 Å². The van der Waals surface area contributed by atoms with Gasteiger partial charge in [-0.1, -0.05) is 6.92 Å². The van der Waals surface area contributed by atoms with Crippen molar-refractivity contribution in [3.63, 3.8) is 0 Å². The molecule has 0 bridgehead atoms. The van der Waals surface area contributed by atoms with E-state index in [0.29, 0.717) is 18.6 Å². The van der Waals surface area contributed by atoms with Gasteiger partial charge in [0, 0.05) is 5.41 Å². The quantitative estimate of drug-likeness (QED) is 0.845. The molecule has 1 aliphatic rings. The van der Waals surface area contributed by atoms with Crippen LogP contribution in [-0.4, -0.2) is 36.0 Å². The zero-order valence-electron chi connectivity index (χ0n) is 9.34. The molecule has 2 rings (SSSR count). The summed E-state index contributed by atoms with van der Waals surface area (Å²) >= 11 is 0. The van der Waals surface area contributed by atoms with Gasteiger partial charge in [0.15, 0.2) is 0 Å². The summed E-state index contributed by atoms with van der Waals surface area (Å²) in [6.07, 6.45) is 2.24. The molecule has 0 unspecified atom stereocenters. The van der Waals surface area contributed by atoms with Crippen molar-refractivity contribution in [2.45, 2.75) is 25.2 Å². The molecule has 17 heavy (non-hydrogen) atoms. The second-order valence-electron chi connectivity index (χ2n) is 4.55. The van der Waals surface area contributed by atoms with E-state index < -0.39 is 21.2 Å². The Morgan fingerprint density at radius 2 is 2.06 bits per heavy atom. The number of carboxylic acid groups (broad SMARTS) is 1. The highest BCUT2D eigenvalue weighted by Gasteiger charge is 2.37. The minimum absolute atomic E-state index is 0.104. The summed E-state index contributed by atoms with van der Waals surface area (Å²) in [5, 5.41) is 8.71. The lowest BCUT2D eigenvalue weighted by molar-refractivity contribution is 0.0648. The molecule has 6 nitrogen and oxygen atoms in total. The van der Waals surface area contributed by atoms with Crippen LogP contribution < -0.4 is 0 Å². The Kier molecular flexibility index (Phi) is 2.73. The van der Waals surface area contributed by atoms with Crippen LogP contribution in [0.3, 0.4) is 0 Å². The maximum absolute atomic E-state index is 11.3. The van der Waals surface area contributed by atoms with Crippen molar-refractivity contribution in [3.05, 3.63) is 17.8 Å². The topological polar surface area (TPSA) is 97.5 Å². The lowest BCUT2D eigenvalue weighted by Gasteiger charge is -2.30. The normalized spacial score (nSPS) is 22.2. The molecule has 0 aliphatic carbocycles. The second kappa shape index (κ2) is 3.83. The zero-order valence-corrected chi connectivity index (χ0v) is 10.2. The number of hydrogen-bond acceptors (Lipinski definition) is 5. The van der Waals surface area contributed by atoms with E-state index in [0.717, 1.165) is 0 Å². The summed E-state index contributed by atoms with van der Waals surface area (Å²) in [6.45, 7) is 1.87. The highest BCUT2D eigenvalue weighted by atomic mass is 32.2. The lowest BCUT2D eigenvalue weighted by atomic mass is 9.82. The Labute approximate surface area is 98.6 Å². The molecule has 1 aromatic rings. The van der Waals surface area contributed by atoms with Crippen molar-refractivity contribution >= 4 is 15.8 Å². The highest BCUT2D eigenvalue weighted by molar-refractivity contribution is 7.91. The molecule has 0 amide bonds. The average Bonchev–Trinajstić information content (AvgIpc) is 2.73. The van der Waals surface area contributed by atoms with Crippen LogP contribution in [0.25, 0.3) is 0 Å². The summed E-state index contributed by atoms with van der Waals surface area (Å²) in [6, 6.07) is 0. The fourth-order valence-electron chi connectivity index (χ4n) is 1.89. The maximum atomic E-state index is 11.3. The number of rotatable bonds is 2. The monoisotopic (exact) mass is 259 g/mol. The fraction of sp³-hybridized carbons (Fsp3) is 0.600. The van der Waals surface area contributed by atoms with E-state index in [1.54, 1.807) is 0 Å². The van der Waals surface area contributed by atoms with Gasteiger partial charge in [-0.15, -0.1) is 0 Å². The third-order valence-electron chi connectivity index (χ3n) is 3.21. The van der Waals surface area contributed by atoms with Crippen LogP contribution in [0.5, 0.6) is 0 Å². The van der Waals surface area contributed by atoms with Crippen LogP contribution in [-0.2, 0) is 15.3 Å². The number of aromatic carboxylic acids is 1. The molecular formula is C10H13NO5S. The van der Waals surface area contributed by atoms with Crippen LogP contribution in [0.2, 0.25) is 0 Å². The van der Waals surface area contributed by atoms with Gasteiger partial charge in [0.05, 0.1) is 17.7 Å². The summed E-state index contributed by atoms with van der Waals surface area (Å²) < 4.78 is 27.8. The fourth-order valence-corrected chi connectivity index (χ4v) is 3.61. The molecule has 0 radical (unpaired) electrons. The van der Waals surface area contributed by atoms with Crippen molar-refractivity contribution in [3.8, 4) is 0 Å². The molecule has 2 heterocycles. The van der Waals surface area contributed by atoms with Crippen LogP contribution in [0.1, 0.15) is 36.2 Å². The summed E-state index contributed by atoms with van der Waals surface area (Å²) in [5.41, 5.74) is -0.438. The summed E-state index contributed by atoms with van der Waals surface area (Å²) in [5.74, 6) is -0.915. The van der Waals surface area contributed by atoms with E-state index in [4.69, 9.17) is 9.52 Å². The number of carbonyl (C=O) groups is 1. The van der Waals surface area contributed by atoms with Gasteiger partial charge in [0.2, 0.25) is 0 Å². The molecular weight excluding hydrogens is 246 g/mol. The molecule has 0 saturated carbocycles.